The molecule has 0 aliphatic carbocycles. The minimum Gasteiger partial charge on any atom is -0.474 e. The maximum atomic E-state index is 14.1. The lowest BCUT2D eigenvalue weighted by molar-refractivity contribution is -0.156. The van der Waals surface area contributed by atoms with Crippen LogP contribution in [-0.2, 0) is 12.7 Å². The van der Waals surface area contributed by atoms with Crippen molar-refractivity contribution in [1.29, 1.82) is 0 Å². The van der Waals surface area contributed by atoms with Gasteiger partial charge in [-0.3, -0.25) is 4.98 Å². The van der Waals surface area contributed by atoms with E-state index in [-0.39, 0.29) is 35.1 Å². The van der Waals surface area contributed by atoms with Crippen LogP contribution in [0.5, 0.6) is 17.5 Å². The number of H-pyrrole nitrogens is 1. The van der Waals surface area contributed by atoms with Crippen LogP contribution in [0.1, 0.15) is 35.6 Å². The summed E-state index contributed by atoms with van der Waals surface area (Å²) in [5.41, 5.74) is -1.32. The van der Waals surface area contributed by atoms with Crippen LogP contribution in [0.25, 0.3) is 11.0 Å². The standard InChI is InChI=1S/C28H26F6N8O3/c1-41-6-3-17(4-7-41)44-25-20(27(29,30)31)9-16(10-37-25)40-26(43)42-12-15-8-18(11-36-22(15)21(13-42)28(32,33)34)45-24-19-2-5-35-23(19)38-14-39-24/h2,5,8-11,14,17,21H,3-4,6-7,12-13H2,1H3,(H,40,43)(H,35,38,39). The number of aromatic nitrogens is 5. The highest BCUT2D eigenvalue weighted by molar-refractivity contribution is 5.89. The summed E-state index contributed by atoms with van der Waals surface area (Å²) in [6, 6.07) is 2.59. The van der Waals surface area contributed by atoms with Gasteiger partial charge in [0.25, 0.3) is 0 Å². The quantitative estimate of drug-likeness (QED) is 0.267. The number of aromatic amines is 1. The van der Waals surface area contributed by atoms with Crippen molar-refractivity contribution < 1.29 is 40.6 Å². The van der Waals surface area contributed by atoms with E-state index in [9.17, 15) is 31.1 Å². The van der Waals surface area contributed by atoms with Crippen molar-refractivity contribution >= 4 is 22.8 Å². The molecule has 17 heteroatoms. The number of nitrogens with one attached hydrogen (secondary N) is 2. The Morgan fingerprint density at radius 1 is 1.02 bits per heavy atom. The summed E-state index contributed by atoms with van der Waals surface area (Å²) in [4.78, 5) is 34.9. The first-order chi connectivity index (χ1) is 21.3. The lowest BCUT2D eigenvalue weighted by Gasteiger charge is -2.35. The molecule has 1 saturated heterocycles. The van der Waals surface area contributed by atoms with Gasteiger partial charge in [-0.1, -0.05) is 0 Å². The SMILES string of the molecule is CN1CCC(Oc2ncc(NC(=O)N3Cc4cc(Oc5ncnc6[nH]ccc56)cnc4C(C(F)(F)F)C3)cc2C(F)(F)F)CC1. The Bertz CT molecular complexity index is 1700. The van der Waals surface area contributed by atoms with Crippen molar-refractivity contribution in [2.75, 3.05) is 32.0 Å². The number of hydrogen-bond acceptors (Lipinski definition) is 8. The van der Waals surface area contributed by atoms with Gasteiger partial charge in [0.2, 0.25) is 11.8 Å². The number of ether oxygens (including phenoxy) is 2. The molecule has 0 spiro atoms. The van der Waals surface area contributed by atoms with Gasteiger partial charge < -0.3 is 29.6 Å². The fourth-order valence-corrected chi connectivity index (χ4v) is 5.31. The van der Waals surface area contributed by atoms with Gasteiger partial charge >= 0.3 is 18.4 Å². The van der Waals surface area contributed by atoms with Gasteiger partial charge in [0.05, 0.1) is 29.2 Å². The average Bonchev–Trinajstić information content (AvgIpc) is 3.47. The van der Waals surface area contributed by atoms with Gasteiger partial charge in [0.1, 0.15) is 35.3 Å². The summed E-state index contributed by atoms with van der Waals surface area (Å²) in [6.07, 6.45) is -4.09. The second-order valence-corrected chi connectivity index (χ2v) is 10.8. The molecule has 238 valence electrons. The van der Waals surface area contributed by atoms with Gasteiger partial charge in [-0.2, -0.15) is 26.3 Å². The highest BCUT2D eigenvalue weighted by Crippen LogP contribution is 2.41. The molecule has 2 amide bonds. The minimum atomic E-state index is -4.86. The molecule has 6 heterocycles. The second-order valence-electron chi connectivity index (χ2n) is 10.8. The molecule has 1 unspecified atom stereocenters. The summed E-state index contributed by atoms with van der Waals surface area (Å²) >= 11 is 0. The normalized spacial score (nSPS) is 18.1. The maximum absolute atomic E-state index is 14.1. The summed E-state index contributed by atoms with van der Waals surface area (Å²) in [5.74, 6) is -2.57. The number of carbonyl (C=O) groups excluding carboxylic acids is 1. The third-order valence-electron chi connectivity index (χ3n) is 7.64. The summed E-state index contributed by atoms with van der Waals surface area (Å²) in [7, 11) is 1.90. The predicted octanol–water partition coefficient (Wildman–Crippen LogP) is 5.73. The van der Waals surface area contributed by atoms with Crippen LogP contribution in [-0.4, -0.2) is 79.7 Å². The molecular weight excluding hydrogens is 610 g/mol. The van der Waals surface area contributed by atoms with Crippen LogP contribution in [0.4, 0.5) is 36.8 Å². The van der Waals surface area contributed by atoms with Crippen molar-refractivity contribution in [3.63, 3.8) is 0 Å². The van der Waals surface area contributed by atoms with Crippen LogP contribution < -0.4 is 14.8 Å². The Morgan fingerprint density at radius 2 is 1.80 bits per heavy atom. The van der Waals surface area contributed by atoms with Crippen molar-refractivity contribution in [2.24, 2.45) is 0 Å². The van der Waals surface area contributed by atoms with E-state index in [1.165, 1.54) is 12.4 Å². The zero-order valence-corrected chi connectivity index (χ0v) is 23.6. The first-order valence-corrected chi connectivity index (χ1v) is 13.8. The fourth-order valence-electron chi connectivity index (χ4n) is 5.31. The van der Waals surface area contributed by atoms with E-state index in [0.29, 0.717) is 43.0 Å². The van der Waals surface area contributed by atoms with Gasteiger partial charge in [-0.05, 0) is 43.7 Å². The molecule has 0 saturated carbocycles. The fraction of sp³-hybridized carbons (Fsp3) is 0.393. The molecule has 2 N–H and O–H groups in total. The smallest absolute Gasteiger partial charge is 0.421 e. The van der Waals surface area contributed by atoms with Gasteiger partial charge in [0, 0.05) is 32.4 Å². The molecule has 4 aromatic heterocycles. The van der Waals surface area contributed by atoms with Gasteiger partial charge in [-0.25, -0.2) is 19.7 Å². The highest BCUT2D eigenvalue weighted by Gasteiger charge is 2.47. The van der Waals surface area contributed by atoms with Crippen LogP contribution in [0.2, 0.25) is 0 Å². The zero-order valence-electron chi connectivity index (χ0n) is 23.6. The third-order valence-corrected chi connectivity index (χ3v) is 7.64. The first kappa shape index (κ1) is 30.4. The number of urea groups is 1. The van der Waals surface area contributed by atoms with Crippen molar-refractivity contribution in [1.82, 2.24) is 34.7 Å². The Hall–Kier alpha value is -4.67. The van der Waals surface area contributed by atoms with Crippen LogP contribution in [0, 0.1) is 0 Å². The van der Waals surface area contributed by atoms with Crippen LogP contribution in [0.3, 0.4) is 0 Å². The minimum absolute atomic E-state index is 0.0478. The molecule has 6 rings (SSSR count). The number of fused-ring (bicyclic) bond motifs is 2. The monoisotopic (exact) mass is 636 g/mol. The number of likely N-dealkylation sites (tertiary alicyclic amines) is 1. The summed E-state index contributed by atoms with van der Waals surface area (Å²) in [6.45, 7) is 0.178. The number of anilines is 1. The number of amides is 2. The summed E-state index contributed by atoms with van der Waals surface area (Å²) < 4.78 is 95.5. The summed E-state index contributed by atoms with van der Waals surface area (Å²) in [5, 5.41) is 2.78. The number of hydrogen-bond donors (Lipinski definition) is 2. The predicted molar refractivity (Wildman–Crippen MR) is 147 cm³/mol. The second kappa shape index (κ2) is 11.7. The number of pyridine rings is 2. The van der Waals surface area contributed by atoms with Crippen molar-refractivity contribution in [2.45, 2.75) is 43.8 Å². The Morgan fingerprint density at radius 3 is 2.53 bits per heavy atom. The highest BCUT2D eigenvalue weighted by atomic mass is 19.4. The maximum Gasteiger partial charge on any atom is 0.421 e. The molecule has 0 radical (unpaired) electrons. The van der Waals surface area contributed by atoms with E-state index in [1.54, 1.807) is 12.3 Å². The van der Waals surface area contributed by atoms with E-state index < -0.39 is 48.4 Å². The molecule has 1 atom stereocenters. The van der Waals surface area contributed by atoms with E-state index in [4.69, 9.17) is 9.47 Å². The molecule has 4 aromatic rings. The third kappa shape index (κ3) is 6.57. The largest absolute Gasteiger partial charge is 0.474 e. The number of nitrogens with zero attached hydrogens (tertiary/aromatic N) is 6. The Balaban J connectivity index is 1.22. The van der Waals surface area contributed by atoms with Gasteiger partial charge in [0.15, 0.2) is 0 Å². The number of carbonyl (C=O) groups is 1. The Labute approximate surface area is 251 Å². The van der Waals surface area contributed by atoms with E-state index in [1.807, 2.05) is 11.9 Å². The topological polar surface area (TPSA) is 121 Å². The van der Waals surface area contributed by atoms with E-state index in [2.05, 4.69) is 30.2 Å². The van der Waals surface area contributed by atoms with E-state index in [0.717, 1.165) is 17.3 Å². The zero-order chi connectivity index (χ0) is 31.9. The van der Waals surface area contributed by atoms with Crippen LogP contribution in [0.15, 0.2) is 43.1 Å². The Kier molecular flexibility index (Phi) is 7.88. The number of rotatable bonds is 5. The van der Waals surface area contributed by atoms with E-state index >= 15 is 0 Å². The lowest BCUT2D eigenvalue weighted by Crippen LogP contribution is -2.45. The molecule has 45 heavy (non-hydrogen) atoms. The van der Waals surface area contributed by atoms with Crippen LogP contribution >= 0.6 is 0 Å². The molecule has 2 aliphatic heterocycles. The molecule has 1 fully saturated rings. The lowest BCUT2D eigenvalue weighted by atomic mass is 9.94. The molecular formula is C28H26F6N8O3. The first-order valence-electron chi connectivity index (χ1n) is 13.8. The van der Waals surface area contributed by atoms with Crippen molar-refractivity contribution in [3.05, 3.63) is 59.9 Å². The molecule has 2 aliphatic rings. The van der Waals surface area contributed by atoms with Crippen molar-refractivity contribution in [3.8, 4) is 17.5 Å². The molecule has 11 nitrogen and oxygen atoms in total. The molecule has 0 aromatic carbocycles. The molecule has 0 bridgehead atoms. The number of alkyl halides is 6. The number of piperidine rings is 1. The number of halogens is 6. The average molecular weight is 637 g/mol. The van der Waals surface area contributed by atoms with Gasteiger partial charge in [-0.15, -0.1) is 0 Å².